The van der Waals surface area contributed by atoms with Crippen molar-refractivity contribution in [3.8, 4) is 0 Å². The molecule has 5 aliphatic rings. The molecule has 0 bridgehead atoms. The van der Waals surface area contributed by atoms with E-state index >= 15 is 0 Å². The van der Waals surface area contributed by atoms with Crippen LogP contribution in [0.15, 0.2) is 11.6 Å². The van der Waals surface area contributed by atoms with E-state index in [-0.39, 0.29) is 11.5 Å². The fourth-order valence-corrected chi connectivity index (χ4v) is 10.7. The molecule has 1 N–H and O–H groups in total. The van der Waals surface area contributed by atoms with E-state index in [0.717, 1.165) is 24.2 Å². The highest BCUT2D eigenvalue weighted by atomic mass is 16.3. The van der Waals surface area contributed by atoms with Crippen molar-refractivity contribution in [2.75, 3.05) is 0 Å². The minimum atomic E-state index is -0.121. The van der Waals surface area contributed by atoms with Crippen LogP contribution in [0.5, 0.6) is 0 Å². The van der Waals surface area contributed by atoms with Gasteiger partial charge in [-0.3, -0.25) is 0 Å². The molecule has 0 amide bonds. The van der Waals surface area contributed by atoms with Crippen LogP contribution in [-0.2, 0) is 0 Å². The molecule has 1 heteroatoms. The predicted molar refractivity (Wildman–Crippen MR) is 126 cm³/mol. The Balaban J connectivity index is 1.59. The van der Waals surface area contributed by atoms with Gasteiger partial charge in [0.1, 0.15) is 0 Å². The van der Waals surface area contributed by atoms with Crippen molar-refractivity contribution in [1.29, 1.82) is 0 Å². The van der Waals surface area contributed by atoms with Crippen LogP contribution in [0, 0.1) is 50.7 Å². The van der Waals surface area contributed by atoms with Crippen LogP contribution in [0.25, 0.3) is 0 Å². The Morgan fingerprint density at radius 1 is 0.867 bits per heavy atom. The van der Waals surface area contributed by atoms with Gasteiger partial charge in [-0.1, -0.05) is 66.5 Å². The fourth-order valence-electron chi connectivity index (χ4n) is 10.7. The van der Waals surface area contributed by atoms with E-state index in [0.29, 0.717) is 27.6 Å². The van der Waals surface area contributed by atoms with Crippen LogP contribution in [0.4, 0.5) is 0 Å². The lowest BCUT2D eigenvalue weighted by Gasteiger charge is -2.70. The number of allylic oxidation sites excluding steroid dienone is 2. The zero-order valence-electron chi connectivity index (χ0n) is 21.0. The van der Waals surface area contributed by atoms with E-state index in [1.165, 1.54) is 57.8 Å². The first kappa shape index (κ1) is 21.5. The van der Waals surface area contributed by atoms with Crippen LogP contribution in [0.3, 0.4) is 0 Å². The highest BCUT2D eigenvalue weighted by molar-refractivity contribution is 5.34. The maximum atomic E-state index is 10.9. The van der Waals surface area contributed by atoms with Crippen molar-refractivity contribution in [2.45, 2.75) is 119 Å². The van der Waals surface area contributed by atoms with E-state index in [1.54, 1.807) is 0 Å². The topological polar surface area (TPSA) is 20.2 Å². The Morgan fingerprint density at radius 3 is 2.30 bits per heavy atom. The summed E-state index contributed by atoms with van der Waals surface area (Å²) in [4.78, 5) is 0. The van der Waals surface area contributed by atoms with E-state index in [1.807, 2.05) is 5.57 Å². The Labute approximate surface area is 186 Å². The summed E-state index contributed by atoms with van der Waals surface area (Å²) in [5.41, 5.74) is 3.70. The molecular formula is C29H48O. The molecule has 0 aromatic heterocycles. The Kier molecular flexibility index (Phi) is 4.59. The van der Waals surface area contributed by atoms with Gasteiger partial charge in [-0.05, 0) is 109 Å². The molecule has 0 spiro atoms. The lowest BCUT2D eigenvalue weighted by molar-refractivity contribution is -0.200. The van der Waals surface area contributed by atoms with E-state index < -0.39 is 0 Å². The van der Waals surface area contributed by atoms with Crippen LogP contribution in [-0.4, -0.2) is 11.2 Å². The van der Waals surface area contributed by atoms with Gasteiger partial charge in [-0.25, -0.2) is 0 Å². The van der Waals surface area contributed by atoms with Crippen molar-refractivity contribution in [2.24, 2.45) is 50.7 Å². The SMILES string of the molecule is CC[C@H]1CC[C@]2(C)CC[C@]3(C)C(=CC[C@@H]4[C@@]5(C)CC[C@H](O)C(C)(C)[C@@H]5CC[C@]43C)[C@@H]12. The van der Waals surface area contributed by atoms with Gasteiger partial charge in [0.2, 0.25) is 0 Å². The van der Waals surface area contributed by atoms with Crippen LogP contribution < -0.4 is 0 Å². The van der Waals surface area contributed by atoms with Crippen LogP contribution in [0.2, 0.25) is 0 Å². The maximum Gasteiger partial charge on any atom is 0.0594 e. The molecule has 0 unspecified atom stereocenters. The second-order valence-corrected chi connectivity index (χ2v) is 14.0. The van der Waals surface area contributed by atoms with Gasteiger partial charge in [-0.2, -0.15) is 0 Å². The fraction of sp³-hybridized carbons (Fsp3) is 0.931. The van der Waals surface area contributed by atoms with Gasteiger partial charge in [0.05, 0.1) is 6.10 Å². The molecule has 0 saturated heterocycles. The largest absolute Gasteiger partial charge is 0.393 e. The summed E-state index contributed by atoms with van der Waals surface area (Å²) in [6.45, 7) is 17.8. The average molecular weight is 413 g/mol. The third-order valence-corrected chi connectivity index (χ3v) is 12.9. The molecule has 0 aromatic carbocycles. The summed E-state index contributed by atoms with van der Waals surface area (Å²) < 4.78 is 0. The molecule has 9 atom stereocenters. The number of fused-ring (bicyclic) bond motifs is 7. The second kappa shape index (κ2) is 6.39. The van der Waals surface area contributed by atoms with Crippen molar-refractivity contribution in [3.63, 3.8) is 0 Å². The number of aliphatic hydroxyl groups excluding tert-OH is 1. The summed E-state index contributed by atoms with van der Waals surface area (Å²) in [6, 6.07) is 0. The Morgan fingerprint density at radius 2 is 1.60 bits per heavy atom. The van der Waals surface area contributed by atoms with Gasteiger partial charge in [0.25, 0.3) is 0 Å². The first-order valence-electron chi connectivity index (χ1n) is 13.3. The summed E-state index contributed by atoms with van der Waals surface area (Å²) in [7, 11) is 0. The highest BCUT2D eigenvalue weighted by Crippen LogP contribution is 2.76. The molecule has 5 rings (SSSR count). The average Bonchev–Trinajstić information content (AvgIpc) is 3.03. The summed E-state index contributed by atoms with van der Waals surface area (Å²) in [5.74, 6) is 3.19. The third-order valence-electron chi connectivity index (χ3n) is 12.9. The summed E-state index contributed by atoms with van der Waals surface area (Å²) in [6.07, 6.45) is 16.0. The van der Waals surface area contributed by atoms with Gasteiger partial charge in [-0.15, -0.1) is 0 Å². The van der Waals surface area contributed by atoms with Gasteiger partial charge in [0, 0.05) is 0 Å². The molecule has 0 aliphatic heterocycles. The lowest BCUT2D eigenvalue weighted by Crippen LogP contribution is -2.64. The molecule has 4 saturated carbocycles. The number of rotatable bonds is 1. The van der Waals surface area contributed by atoms with E-state index in [4.69, 9.17) is 0 Å². The molecule has 0 heterocycles. The Hall–Kier alpha value is -0.300. The molecule has 0 radical (unpaired) electrons. The Bertz CT molecular complexity index is 749. The first-order valence-corrected chi connectivity index (χ1v) is 13.3. The third kappa shape index (κ3) is 2.40. The summed E-state index contributed by atoms with van der Waals surface area (Å²) >= 11 is 0. The normalized spacial score (nSPS) is 56.9. The monoisotopic (exact) mass is 412 g/mol. The van der Waals surface area contributed by atoms with Gasteiger partial charge >= 0.3 is 0 Å². The predicted octanol–water partition coefficient (Wildman–Crippen LogP) is 7.78. The molecule has 5 aliphatic carbocycles. The van der Waals surface area contributed by atoms with Crippen molar-refractivity contribution in [1.82, 2.24) is 0 Å². The molecule has 1 nitrogen and oxygen atoms in total. The van der Waals surface area contributed by atoms with Crippen molar-refractivity contribution >= 4 is 0 Å². The molecular weight excluding hydrogens is 364 g/mol. The molecule has 170 valence electrons. The van der Waals surface area contributed by atoms with Gasteiger partial charge in [0.15, 0.2) is 0 Å². The van der Waals surface area contributed by atoms with Crippen molar-refractivity contribution < 1.29 is 5.11 Å². The highest BCUT2D eigenvalue weighted by Gasteiger charge is 2.68. The van der Waals surface area contributed by atoms with Crippen molar-refractivity contribution in [3.05, 3.63) is 11.6 Å². The zero-order chi connectivity index (χ0) is 21.7. The molecule has 30 heavy (non-hydrogen) atoms. The minimum Gasteiger partial charge on any atom is -0.393 e. The van der Waals surface area contributed by atoms with Gasteiger partial charge < -0.3 is 5.11 Å². The minimum absolute atomic E-state index is 0.0587. The van der Waals surface area contributed by atoms with E-state index in [9.17, 15) is 5.11 Å². The summed E-state index contributed by atoms with van der Waals surface area (Å²) in [5, 5.41) is 10.9. The lowest BCUT2D eigenvalue weighted by atomic mass is 9.34. The standard InChI is InChI=1S/C29H48O/c1-8-19-11-14-26(4)17-18-28(6)20(24(19)26)9-10-22-27(5)15-13-23(30)25(2,3)21(27)12-16-29(22,28)7/h9,19,21-24,30H,8,10-18H2,1-7H3/t19-,21-,22+,23-,24+,26+,27-,28+,29+/m0/s1. The smallest absolute Gasteiger partial charge is 0.0594 e. The first-order chi connectivity index (χ1) is 13.9. The van der Waals surface area contributed by atoms with E-state index in [2.05, 4.69) is 54.5 Å². The quantitative estimate of drug-likeness (QED) is 0.436. The molecule has 0 aromatic rings. The number of hydrogen-bond donors (Lipinski definition) is 1. The van der Waals surface area contributed by atoms with Crippen LogP contribution >= 0.6 is 0 Å². The second-order valence-electron chi connectivity index (χ2n) is 14.0. The molecule has 4 fully saturated rings. The maximum absolute atomic E-state index is 10.9. The number of aliphatic hydroxyl groups is 1. The number of hydrogen-bond acceptors (Lipinski definition) is 1. The zero-order valence-corrected chi connectivity index (χ0v) is 21.0. The van der Waals surface area contributed by atoms with Crippen LogP contribution in [0.1, 0.15) is 113 Å².